The second kappa shape index (κ2) is 7.20. The predicted molar refractivity (Wildman–Crippen MR) is 66.6 cm³/mol. The van der Waals surface area contributed by atoms with E-state index in [-0.39, 0.29) is 32.7 Å². The van der Waals surface area contributed by atoms with Crippen molar-refractivity contribution in [2.45, 2.75) is 38.5 Å². The molecule has 2 aromatic heterocycles. The molecule has 4 nitrogen and oxygen atoms in total. The van der Waals surface area contributed by atoms with Crippen molar-refractivity contribution in [3.8, 4) is 0 Å². The molecule has 0 amide bonds. The van der Waals surface area contributed by atoms with Gasteiger partial charge >= 0.3 is 0 Å². The minimum absolute atomic E-state index is 0. The molecule has 0 bridgehead atoms. The second-order valence-electron chi connectivity index (χ2n) is 4.77. The molecule has 0 fully saturated rings. The summed E-state index contributed by atoms with van der Waals surface area (Å²) in [6, 6.07) is 0. The van der Waals surface area contributed by atoms with Crippen LogP contribution in [0.1, 0.15) is 49.9 Å². The van der Waals surface area contributed by atoms with Crippen LogP contribution in [-0.2, 0) is 39.8 Å². The summed E-state index contributed by atoms with van der Waals surface area (Å²) in [7, 11) is 2.05. The summed E-state index contributed by atoms with van der Waals surface area (Å²) >= 11 is 0. The zero-order valence-electron chi connectivity index (χ0n) is 11.4. The fraction of sp³-hybridized carbons (Fsp3) is 0.538. The van der Waals surface area contributed by atoms with Crippen LogP contribution < -0.4 is 4.57 Å². The van der Waals surface area contributed by atoms with Crippen LogP contribution in [0.4, 0.5) is 0 Å². The molecule has 2 atom stereocenters. The third-order valence-corrected chi connectivity index (χ3v) is 3.40. The van der Waals surface area contributed by atoms with Gasteiger partial charge in [0.2, 0.25) is 6.33 Å². The van der Waals surface area contributed by atoms with Crippen molar-refractivity contribution in [2.24, 2.45) is 7.05 Å². The maximum absolute atomic E-state index is 4.09. The zero-order chi connectivity index (χ0) is 12.3. The molecule has 2 aromatic rings. The smallest absolute Gasteiger partial charge is 0.241 e. The van der Waals surface area contributed by atoms with Gasteiger partial charge in [0.05, 0.1) is 13.4 Å². The minimum atomic E-state index is 0. The molecule has 2 rings (SSSR count). The Bertz CT molecular complexity index is 449. The monoisotopic (exact) mass is 322 g/mol. The van der Waals surface area contributed by atoms with Crippen molar-refractivity contribution >= 4 is 0 Å². The van der Waals surface area contributed by atoms with E-state index >= 15 is 0 Å². The predicted octanol–water partition coefficient (Wildman–Crippen LogP) is 2.25. The number of nitrogens with one attached hydrogen (secondary N) is 2. The molecule has 1 radical (unpaired) electrons. The number of imidazole rings is 2. The Morgan fingerprint density at radius 2 is 2.11 bits per heavy atom. The number of nitrogens with zero attached hydrogens (tertiary/aromatic N) is 2. The van der Waals surface area contributed by atoms with E-state index in [2.05, 4.69) is 39.6 Å². The normalized spacial score (nSPS) is 13.9. The number of aromatic amines is 2. The van der Waals surface area contributed by atoms with Gasteiger partial charge in [0.25, 0.3) is 0 Å². The molecule has 2 heterocycles. The summed E-state index contributed by atoms with van der Waals surface area (Å²) < 4.78 is 2.07. The molecule has 0 aliphatic rings. The van der Waals surface area contributed by atoms with Crippen molar-refractivity contribution in [3.63, 3.8) is 0 Å². The average molecular weight is 322 g/mol. The third kappa shape index (κ3) is 3.76. The summed E-state index contributed by atoms with van der Waals surface area (Å²) in [6.45, 7) is 4.49. The Balaban J connectivity index is 0.00000162. The van der Waals surface area contributed by atoms with Gasteiger partial charge in [0.15, 0.2) is 0 Å². The van der Waals surface area contributed by atoms with Gasteiger partial charge in [-0.05, 0) is 18.8 Å². The molecule has 0 aliphatic heterocycles. The van der Waals surface area contributed by atoms with Crippen LogP contribution in [0.25, 0.3) is 0 Å². The van der Waals surface area contributed by atoms with Crippen LogP contribution in [0, 0.1) is 0 Å². The van der Waals surface area contributed by atoms with Crippen molar-refractivity contribution in [1.29, 1.82) is 0 Å². The maximum Gasteiger partial charge on any atom is 0.241 e. The number of aromatic nitrogens is 4. The Morgan fingerprint density at radius 1 is 1.33 bits per heavy atom. The van der Waals surface area contributed by atoms with Crippen molar-refractivity contribution in [3.05, 3.63) is 36.4 Å². The average Bonchev–Trinajstić information content (AvgIpc) is 2.96. The molecule has 0 aromatic carbocycles. The van der Waals surface area contributed by atoms with E-state index in [0.717, 1.165) is 12.8 Å². The maximum atomic E-state index is 4.09. The fourth-order valence-corrected chi connectivity index (χ4v) is 2.30. The first kappa shape index (κ1) is 15.6. The molecule has 0 spiro atoms. The third-order valence-electron chi connectivity index (χ3n) is 3.40. The van der Waals surface area contributed by atoms with E-state index in [4.69, 9.17) is 0 Å². The van der Waals surface area contributed by atoms with E-state index < -0.39 is 0 Å². The van der Waals surface area contributed by atoms with E-state index in [1.807, 2.05) is 19.6 Å². The molecule has 0 saturated heterocycles. The van der Waals surface area contributed by atoms with Gasteiger partial charge in [-0.15, -0.1) is 0 Å². The van der Waals surface area contributed by atoms with Gasteiger partial charge in [-0.3, -0.25) is 0 Å². The molecule has 5 heteroatoms. The van der Waals surface area contributed by atoms with E-state index in [0.29, 0.717) is 11.8 Å². The van der Waals surface area contributed by atoms with E-state index in [9.17, 15) is 0 Å². The quantitative estimate of drug-likeness (QED) is 0.815. The fourth-order valence-electron chi connectivity index (χ4n) is 2.30. The van der Waals surface area contributed by atoms with Crippen LogP contribution in [0.2, 0.25) is 0 Å². The van der Waals surface area contributed by atoms with Crippen molar-refractivity contribution < 1.29 is 37.3 Å². The minimum Gasteiger partial charge on any atom is -0.348 e. The summed E-state index contributed by atoms with van der Waals surface area (Å²) in [5.41, 5.74) is 2.54. The molecule has 18 heavy (non-hydrogen) atoms. The van der Waals surface area contributed by atoms with Gasteiger partial charge in [0, 0.05) is 50.5 Å². The largest absolute Gasteiger partial charge is 0.348 e. The number of H-pyrrole nitrogens is 2. The number of hydrogen-bond acceptors (Lipinski definition) is 1. The van der Waals surface area contributed by atoms with Crippen molar-refractivity contribution in [1.82, 2.24) is 15.0 Å². The first-order valence-electron chi connectivity index (χ1n) is 6.22. The zero-order valence-corrected chi connectivity index (χ0v) is 14.2. The van der Waals surface area contributed by atoms with Gasteiger partial charge in [0.1, 0.15) is 11.9 Å². The van der Waals surface area contributed by atoms with Crippen molar-refractivity contribution in [2.75, 3.05) is 0 Å². The van der Waals surface area contributed by atoms with Gasteiger partial charge in [-0.25, -0.2) is 14.5 Å². The summed E-state index contributed by atoms with van der Waals surface area (Å²) in [4.78, 5) is 10.6. The summed E-state index contributed by atoms with van der Waals surface area (Å²) in [6.07, 6.45) is 10.1. The molecule has 2 N–H and O–H groups in total. The Morgan fingerprint density at radius 3 is 2.61 bits per heavy atom. The molecular formula is C13H21N4Y+. The Hall–Kier alpha value is -0.476. The van der Waals surface area contributed by atoms with Crippen LogP contribution >= 0.6 is 0 Å². The van der Waals surface area contributed by atoms with Crippen LogP contribution in [0.3, 0.4) is 0 Å². The summed E-state index contributed by atoms with van der Waals surface area (Å²) in [5.74, 6) is 1.09. The number of aryl methyl sites for hydroxylation is 1. The SMILES string of the molecule is CCC(CC(C)c1cnc[nH]1)c1c[n+](C)c[nH]1.[Y]. The van der Waals surface area contributed by atoms with Gasteiger partial charge in [-0.1, -0.05) is 13.8 Å². The van der Waals surface area contributed by atoms with E-state index in [1.165, 1.54) is 11.4 Å². The molecule has 2 unspecified atom stereocenters. The first-order valence-corrected chi connectivity index (χ1v) is 6.22. The first-order chi connectivity index (χ1) is 8.20. The summed E-state index contributed by atoms with van der Waals surface area (Å²) in [5, 5.41) is 0. The molecular weight excluding hydrogens is 301 g/mol. The Kier molecular flexibility index (Phi) is 6.23. The van der Waals surface area contributed by atoms with Crippen LogP contribution in [-0.4, -0.2) is 15.0 Å². The number of rotatable bonds is 5. The van der Waals surface area contributed by atoms with Crippen LogP contribution in [0.15, 0.2) is 25.0 Å². The Labute approximate surface area is 133 Å². The van der Waals surface area contributed by atoms with Gasteiger partial charge < -0.3 is 4.98 Å². The standard InChI is InChI=1S/C13H20N4.Y/c1-4-11(13-7-17(3)9-16-13)5-10(2)12-6-14-8-15-12;/h6-11H,4-5H2,1-3H3,(H,14,15);/p+1. The van der Waals surface area contributed by atoms with Crippen LogP contribution in [0.5, 0.6) is 0 Å². The van der Waals surface area contributed by atoms with E-state index in [1.54, 1.807) is 6.33 Å². The number of hydrogen-bond donors (Lipinski definition) is 2. The molecule has 0 saturated carbocycles. The van der Waals surface area contributed by atoms with Gasteiger partial charge in [-0.2, -0.15) is 0 Å². The molecule has 0 aliphatic carbocycles. The molecule has 95 valence electrons. The topological polar surface area (TPSA) is 48.4 Å². The second-order valence-corrected chi connectivity index (χ2v) is 4.77.